The summed E-state index contributed by atoms with van der Waals surface area (Å²) in [4.78, 5) is 2.34. The van der Waals surface area contributed by atoms with Crippen molar-refractivity contribution < 1.29 is 4.74 Å². The molecule has 16 heavy (non-hydrogen) atoms. The van der Waals surface area contributed by atoms with Crippen molar-refractivity contribution in [2.75, 3.05) is 32.8 Å². The Balaban J connectivity index is 1.86. The maximum atomic E-state index is 9.29. The van der Waals surface area contributed by atoms with Gasteiger partial charge in [0, 0.05) is 32.3 Å². The first kappa shape index (κ1) is 11.8. The number of nitrogens with zero attached hydrogens (tertiary/aromatic N) is 2. The second kappa shape index (κ2) is 5.13. The van der Waals surface area contributed by atoms with Crippen LogP contribution in [0.5, 0.6) is 0 Å². The minimum Gasteiger partial charge on any atom is -0.380 e. The van der Waals surface area contributed by atoms with Crippen molar-refractivity contribution in [3.05, 3.63) is 0 Å². The molecule has 0 aromatic carbocycles. The van der Waals surface area contributed by atoms with E-state index in [-0.39, 0.29) is 0 Å². The predicted molar refractivity (Wildman–Crippen MR) is 62.1 cm³/mol. The summed E-state index contributed by atoms with van der Waals surface area (Å²) in [5.41, 5.74) is -0.397. The van der Waals surface area contributed by atoms with Crippen molar-refractivity contribution >= 4 is 0 Å². The maximum absolute atomic E-state index is 9.29. The van der Waals surface area contributed by atoms with Crippen LogP contribution < -0.4 is 5.32 Å². The quantitative estimate of drug-likeness (QED) is 0.764. The molecule has 0 amide bonds. The van der Waals surface area contributed by atoms with Gasteiger partial charge in [-0.1, -0.05) is 0 Å². The van der Waals surface area contributed by atoms with Gasteiger partial charge in [-0.05, 0) is 26.2 Å². The topological polar surface area (TPSA) is 48.3 Å². The highest BCUT2D eigenvalue weighted by molar-refractivity contribution is 5.09. The number of rotatable bonds is 4. The average molecular weight is 223 g/mol. The zero-order chi connectivity index (χ0) is 11.4. The Bertz CT molecular complexity index is 264. The molecule has 4 heteroatoms. The van der Waals surface area contributed by atoms with Crippen LogP contribution in [0.15, 0.2) is 0 Å². The highest BCUT2D eigenvalue weighted by atomic mass is 16.5. The summed E-state index contributed by atoms with van der Waals surface area (Å²) in [6.45, 7) is 6.47. The summed E-state index contributed by atoms with van der Waals surface area (Å²) in [6, 6.07) is 3.00. The molecule has 0 spiro atoms. The van der Waals surface area contributed by atoms with Crippen LogP contribution in [-0.4, -0.2) is 49.3 Å². The molecule has 0 aromatic heterocycles. The van der Waals surface area contributed by atoms with Crippen LogP contribution in [0.25, 0.3) is 0 Å². The lowest BCUT2D eigenvalue weighted by atomic mass is 10.0. The Morgan fingerprint density at radius 1 is 1.44 bits per heavy atom. The van der Waals surface area contributed by atoms with Crippen LogP contribution in [0.3, 0.4) is 0 Å². The van der Waals surface area contributed by atoms with Gasteiger partial charge in [0.05, 0.1) is 12.7 Å². The van der Waals surface area contributed by atoms with E-state index in [1.165, 1.54) is 12.8 Å². The minimum absolute atomic E-state index is 0.397. The molecule has 2 fully saturated rings. The SMILES string of the molecule is CC(C#N)(CN1CCCOCC1)NC1CC1. The molecule has 1 N–H and O–H groups in total. The van der Waals surface area contributed by atoms with E-state index in [0.717, 1.165) is 39.3 Å². The lowest BCUT2D eigenvalue weighted by molar-refractivity contribution is 0.137. The highest BCUT2D eigenvalue weighted by Crippen LogP contribution is 2.22. The number of nitriles is 1. The molecule has 0 aromatic rings. The third-order valence-electron chi connectivity index (χ3n) is 3.20. The fourth-order valence-electron chi connectivity index (χ4n) is 2.19. The molecule has 1 aliphatic carbocycles. The standard InChI is InChI=1S/C12H21N3O/c1-12(9-13,14-11-3-4-11)10-15-5-2-7-16-8-6-15/h11,14H,2-8,10H2,1H3. The van der Waals surface area contributed by atoms with Crippen LogP contribution in [0.2, 0.25) is 0 Å². The molecule has 4 nitrogen and oxygen atoms in total. The first-order valence-corrected chi connectivity index (χ1v) is 6.21. The van der Waals surface area contributed by atoms with Gasteiger partial charge in [-0.15, -0.1) is 0 Å². The smallest absolute Gasteiger partial charge is 0.116 e. The van der Waals surface area contributed by atoms with E-state index < -0.39 is 5.54 Å². The lowest BCUT2D eigenvalue weighted by Crippen LogP contribution is -2.51. The number of hydrogen-bond acceptors (Lipinski definition) is 4. The Hall–Kier alpha value is -0.630. The predicted octanol–water partition coefficient (Wildman–Crippen LogP) is 0.743. The van der Waals surface area contributed by atoms with Crippen LogP contribution in [-0.2, 0) is 4.74 Å². The van der Waals surface area contributed by atoms with E-state index in [2.05, 4.69) is 16.3 Å². The Labute approximate surface area is 97.6 Å². The normalized spacial score (nSPS) is 26.8. The third-order valence-corrected chi connectivity index (χ3v) is 3.20. The number of ether oxygens (including phenoxy) is 1. The second-order valence-corrected chi connectivity index (χ2v) is 5.10. The maximum Gasteiger partial charge on any atom is 0.116 e. The fraction of sp³-hybridized carbons (Fsp3) is 0.917. The molecular formula is C12H21N3O. The van der Waals surface area contributed by atoms with Gasteiger partial charge in [0.2, 0.25) is 0 Å². The summed E-state index contributed by atoms with van der Waals surface area (Å²) in [5, 5.41) is 12.7. The van der Waals surface area contributed by atoms with E-state index >= 15 is 0 Å². The summed E-state index contributed by atoms with van der Waals surface area (Å²) >= 11 is 0. The largest absolute Gasteiger partial charge is 0.380 e. The summed E-state index contributed by atoms with van der Waals surface area (Å²) in [6.07, 6.45) is 3.52. The van der Waals surface area contributed by atoms with Gasteiger partial charge in [0.15, 0.2) is 0 Å². The van der Waals surface area contributed by atoms with E-state index in [9.17, 15) is 5.26 Å². The van der Waals surface area contributed by atoms with Gasteiger partial charge in [0.25, 0.3) is 0 Å². The van der Waals surface area contributed by atoms with Crippen molar-refractivity contribution in [1.82, 2.24) is 10.2 Å². The van der Waals surface area contributed by atoms with Crippen molar-refractivity contribution in [3.8, 4) is 6.07 Å². The van der Waals surface area contributed by atoms with Crippen LogP contribution in [0, 0.1) is 11.3 Å². The number of hydrogen-bond donors (Lipinski definition) is 1. The summed E-state index contributed by atoms with van der Waals surface area (Å²) < 4.78 is 5.42. The van der Waals surface area contributed by atoms with E-state index in [0.29, 0.717) is 6.04 Å². The van der Waals surface area contributed by atoms with Gasteiger partial charge < -0.3 is 4.74 Å². The molecular weight excluding hydrogens is 202 g/mol. The third kappa shape index (κ3) is 3.44. The zero-order valence-electron chi connectivity index (χ0n) is 10.0. The van der Waals surface area contributed by atoms with Crippen molar-refractivity contribution in [2.24, 2.45) is 0 Å². The summed E-state index contributed by atoms with van der Waals surface area (Å²) in [7, 11) is 0. The molecule has 1 saturated carbocycles. The second-order valence-electron chi connectivity index (χ2n) is 5.10. The Morgan fingerprint density at radius 2 is 2.25 bits per heavy atom. The van der Waals surface area contributed by atoms with Gasteiger partial charge in [-0.25, -0.2) is 0 Å². The van der Waals surface area contributed by atoms with E-state index in [4.69, 9.17) is 4.74 Å². The molecule has 1 atom stereocenters. The minimum atomic E-state index is -0.397. The zero-order valence-corrected chi connectivity index (χ0v) is 10.0. The van der Waals surface area contributed by atoms with Crippen molar-refractivity contribution in [1.29, 1.82) is 5.26 Å². The van der Waals surface area contributed by atoms with E-state index in [1.807, 2.05) is 6.92 Å². The fourth-order valence-corrected chi connectivity index (χ4v) is 2.19. The molecule has 1 aliphatic heterocycles. The molecule has 2 rings (SSSR count). The molecule has 2 aliphatic rings. The van der Waals surface area contributed by atoms with E-state index in [1.54, 1.807) is 0 Å². The van der Waals surface area contributed by atoms with Gasteiger partial charge in [-0.2, -0.15) is 5.26 Å². The van der Waals surface area contributed by atoms with Crippen LogP contribution >= 0.6 is 0 Å². The Morgan fingerprint density at radius 3 is 2.94 bits per heavy atom. The van der Waals surface area contributed by atoms with Crippen LogP contribution in [0.1, 0.15) is 26.2 Å². The summed E-state index contributed by atoms with van der Waals surface area (Å²) in [5.74, 6) is 0. The molecule has 90 valence electrons. The molecule has 0 bridgehead atoms. The van der Waals surface area contributed by atoms with Gasteiger partial charge in [-0.3, -0.25) is 10.2 Å². The van der Waals surface area contributed by atoms with Gasteiger partial charge in [0.1, 0.15) is 5.54 Å². The number of nitrogens with one attached hydrogen (secondary N) is 1. The Kier molecular flexibility index (Phi) is 3.80. The van der Waals surface area contributed by atoms with Gasteiger partial charge >= 0.3 is 0 Å². The first-order chi connectivity index (χ1) is 7.72. The molecule has 0 radical (unpaired) electrons. The molecule has 1 unspecified atom stereocenters. The lowest BCUT2D eigenvalue weighted by Gasteiger charge is -2.30. The highest BCUT2D eigenvalue weighted by Gasteiger charge is 2.34. The molecule has 1 saturated heterocycles. The average Bonchev–Trinajstić information content (AvgIpc) is 3.06. The van der Waals surface area contributed by atoms with Crippen LogP contribution in [0.4, 0.5) is 0 Å². The first-order valence-electron chi connectivity index (χ1n) is 6.21. The van der Waals surface area contributed by atoms with Crippen molar-refractivity contribution in [3.63, 3.8) is 0 Å². The molecule has 1 heterocycles. The monoisotopic (exact) mass is 223 g/mol. The van der Waals surface area contributed by atoms with Crippen molar-refractivity contribution in [2.45, 2.75) is 37.8 Å².